The number of hydrogen-bond donors (Lipinski definition) is 2. The summed E-state index contributed by atoms with van der Waals surface area (Å²) in [5.41, 5.74) is 2.26. The van der Waals surface area contributed by atoms with E-state index in [1.807, 2.05) is 6.92 Å². The fraction of sp³-hybridized carbons (Fsp3) is 0.824. The minimum absolute atomic E-state index is 0.0148. The SMILES string of the molecule is COC(=O)CCNC(=O)[C@@H]1OP(=O)(OCOC(=O)C2CC(C)NN2C)OCC1(C)C. The van der Waals surface area contributed by atoms with Crippen LogP contribution in [0.25, 0.3) is 0 Å². The van der Waals surface area contributed by atoms with Crippen LogP contribution < -0.4 is 10.7 Å². The summed E-state index contributed by atoms with van der Waals surface area (Å²) in [6.45, 7) is 4.63. The van der Waals surface area contributed by atoms with Gasteiger partial charge in [-0.3, -0.25) is 28.9 Å². The van der Waals surface area contributed by atoms with E-state index >= 15 is 0 Å². The average Bonchev–Trinajstić information content (AvgIpc) is 3.02. The predicted molar refractivity (Wildman–Crippen MR) is 103 cm³/mol. The summed E-state index contributed by atoms with van der Waals surface area (Å²) in [5, 5.41) is 4.18. The van der Waals surface area contributed by atoms with Crippen LogP contribution in [0.15, 0.2) is 0 Å². The summed E-state index contributed by atoms with van der Waals surface area (Å²) in [6, 6.07) is -0.373. The van der Waals surface area contributed by atoms with E-state index in [0.29, 0.717) is 6.42 Å². The number of carbonyl (C=O) groups excluding carboxylic acids is 3. The van der Waals surface area contributed by atoms with Gasteiger partial charge < -0.3 is 14.8 Å². The molecule has 0 aromatic heterocycles. The first-order valence-electron chi connectivity index (χ1n) is 9.55. The molecule has 2 rings (SSSR count). The van der Waals surface area contributed by atoms with Crippen molar-refractivity contribution in [3.63, 3.8) is 0 Å². The topological polar surface area (TPSA) is 142 Å². The third-order valence-corrected chi connectivity index (χ3v) is 6.12. The van der Waals surface area contributed by atoms with Gasteiger partial charge in [-0.25, -0.2) is 14.1 Å². The van der Waals surface area contributed by atoms with Crippen LogP contribution in [0.5, 0.6) is 0 Å². The molecule has 2 N–H and O–H groups in total. The van der Waals surface area contributed by atoms with E-state index in [0.717, 1.165) is 0 Å². The number of nitrogens with one attached hydrogen (secondary N) is 2. The second-order valence-corrected chi connectivity index (χ2v) is 9.54. The maximum Gasteiger partial charge on any atom is 0.478 e. The summed E-state index contributed by atoms with van der Waals surface area (Å²) >= 11 is 0. The third kappa shape index (κ3) is 6.47. The van der Waals surface area contributed by atoms with Crippen LogP contribution in [0.2, 0.25) is 0 Å². The van der Waals surface area contributed by atoms with Crippen LogP contribution in [-0.4, -0.2) is 75.1 Å². The smallest absolute Gasteiger partial charge is 0.469 e. The van der Waals surface area contributed by atoms with Crippen molar-refractivity contribution in [3.8, 4) is 0 Å². The molecule has 2 heterocycles. The Balaban J connectivity index is 1.87. The molecule has 3 unspecified atom stereocenters. The van der Waals surface area contributed by atoms with E-state index in [-0.39, 0.29) is 25.6 Å². The summed E-state index contributed by atoms with van der Waals surface area (Å²) in [7, 11) is -1.17. The van der Waals surface area contributed by atoms with Gasteiger partial charge in [-0.1, -0.05) is 13.8 Å². The molecule has 12 nitrogen and oxygen atoms in total. The van der Waals surface area contributed by atoms with Gasteiger partial charge in [0.2, 0.25) is 12.7 Å². The predicted octanol–water partition coefficient (Wildman–Crippen LogP) is 0.330. The van der Waals surface area contributed by atoms with Crippen molar-refractivity contribution in [1.29, 1.82) is 0 Å². The number of rotatable bonds is 8. The van der Waals surface area contributed by atoms with Crippen LogP contribution in [0.3, 0.4) is 0 Å². The number of hydrogen-bond acceptors (Lipinski definition) is 11. The van der Waals surface area contributed by atoms with Crippen molar-refractivity contribution >= 4 is 25.7 Å². The largest absolute Gasteiger partial charge is 0.478 e. The van der Waals surface area contributed by atoms with E-state index in [1.54, 1.807) is 25.9 Å². The van der Waals surface area contributed by atoms with Gasteiger partial charge in [0.05, 0.1) is 20.1 Å². The number of phosphoric ester groups is 1. The maximum atomic E-state index is 12.7. The van der Waals surface area contributed by atoms with E-state index < -0.39 is 50.0 Å². The normalized spacial score (nSPS) is 31.2. The fourth-order valence-electron chi connectivity index (χ4n) is 3.06. The van der Waals surface area contributed by atoms with Gasteiger partial charge in [-0.2, -0.15) is 0 Å². The van der Waals surface area contributed by atoms with Crippen molar-refractivity contribution < 1.29 is 42.0 Å². The number of amides is 1. The van der Waals surface area contributed by atoms with Gasteiger partial charge in [0, 0.05) is 25.0 Å². The van der Waals surface area contributed by atoms with Gasteiger partial charge in [-0.05, 0) is 13.3 Å². The molecule has 0 aromatic carbocycles. The quantitative estimate of drug-likeness (QED) is 0.299. The highest BCUT2D eigenvalue weighted by Gasteiger charge is 2.49. The number of methoxy groups -OCH3 is 1. The molecule has 30 heavy (non-hydrogen) atoms. The van der Waals surface area contributed by atoms with E-state index in [1.165, 1.54) is 7.11 Å². The lowest BCUT2D eigenvalue weighted by Gasteiger charge is -2.39. The Morgan fingerprint density at radius 2 is 2.03 bits per heavy atom. The van der Waals surface area contributed by atoms with E-state index in [4.69, 9.17) is 18.3 Å². The van der Waals surface area contributed by atoms with Crippen LogP contribution >= 0.6 is 7.82 Å². The molecule has 0 bridgehead atoms. The summed E-state index contributed by atoms with van der Waals surface area (Å²) in [6.07, 6.45) is -0.613. The van der Waals surface area contributed by atoms with Gasteiger partial charge in [0.1, 0.15) is 6.04 Å². The monoisotopic (exact) mass is 451 g/mol. The van der Waals surface area contributed by atoms with Gasteiger partial charge in [0.15, 0.2) is 6.10 Å². The lowest BCUT2D eigenvalue weighted by molar-refractivity contribution is -0.160. The Hall–Kier alpha value is -1.56. The molecule has 172 valence electrons. The fourth-order valence-corrected chi connectivity index (χ4v) is 4.57. The molecule has 0 radical (unpaired) electrons. The Morgan fingerprint density at radius 3 is 2.63 bits per heavy atom. The number of ether oxygens (including phenoxy) is 2. The Labute approximate surface area is 175 Å². The molecule has 2 fully saturated rings. The summed E-state index contributed by atoms with van der Waals surface area (Å²) in [4.78, 5) is 35.8. The Morgan fingerprint density at radius 1 is 1.33 bits per heavy atom. The Bertz CT molecular complexity index is 702. The molecular formula is C17H30N3O9P. The molecule has 2 aliphatic rings. The van der Waals surface area contributed by atoms with Crippen molar-refractivity contribution in [2.45, 2.75) is 51.8 Å². The molecule has 1 amide bonds. The average molecular weight is 451 g/mol. The van der Waals surface area contributed by atoms with Crippen LogP contribution in [0, 0.1) is 5.41 Å². The zero-order chi connectivity index (χ0) is 22.5. The van der Waals surface area contributed by atoms with E-state index in [9.17, 15) is 18.9 Å². The van der Waals surface area contributed by atoms with Crippen LogP contribution in [0.4, 0.5) is 0 Å². The van der Waals surface area contributed by atoms with Crippen molar-refractivity contribution in [1.82, 2.24) is 15.8 Å². The lowest BCUT2D eigenvalue weighted by atomic mass is 9.87. The second kappa shape index (κ2) is 10.2. The number of phosphoric acid groups is 1. The zero-order valence-corrected chi connectivity index (χ0v) is 18.7. The molecule has 0 saturated carbocycles. The number of carbonyl (C=O) groups is 3. The molecular weight excluding hydrogens is 421 g/mol. The molecule has 0 aromatic rings. The highest BCUT2D eigenvalue weighted by Crippen LogP contribution is 2.57. The highest BCUT2D eigenvalue weighted by atomic mass is 31.2. The third-order valence-electron chi connectivity index (χ3n) is 4.79. The summed E-state index contributed by atoms with van der Waals surface area (Å²) < 4.78 is 37.9. The summed E-state index contributed by atoms with van der Waals surface area (Å²) in [5.74, 6) is -1.59. The molecule has 13 heteroatoms. The van der Waals surface area contributed by atoms with Crippen molar-refractivity contribution in [2.75, 3.05) is 34.1 Å². The van der Waals surface area contributed by atoms with Crippen molar-refractivity contribution in [2.24, 2.45) is 5.41 Å². The lowest BCUT2D eigenvalue weighted by Crippen LogP contribution is -2.50. The number of likely N-dealkylation sites (N-methyl/N-ethyl adjacent to an activating group) is 1. The van der Waals surface area contributed by atoms with E-state index in [2.05, 4.69) is 15.5 Å². The van der Waals surface area contributed by atoms with Gasteiger partial charge in [0.25, 0.3) is 0 Å². The van der Waals surface area contributed by atoms with Crippen molar-refractivity contribution in [3.05, 3.63) is 0 Å². The first-order chi connectivity index (χ1) is 14.0. The molecule has 4 atom stereocenters. The standard InChI is InChI=1S/C17H30N3O9P/c1-11-8-12(20(4)19-11)16(23)26-10-28-30(24)27-9-17(2,3)14(29-30)15(22)18-7-6-13(21)25-5/h11-12,14,19H,6-10H2,1-5H3,(H,18,22)/t11?,12?,14-,30?/m0/s1. The van der Waals surface area contributed by atoms with Gasteiger partial charge >= 0.3 is 19.8 Å². The number of esters is 2. The minimum Gasteiger partial charge on any atom is -0.469 e. The Kier molecular flexibility index (Phi) is 8.37. The first-order valence-corrected chi connectivity index (χ1v) is 11.0. The zero-order valence-electron chi connectivity index (χ0n) is 17.8. The van der Waals surface area contributed by atoms with Crippen LogP contribution in [0.1, 0.15) is 33.6 Å². The second-order valence-electron chi connectivity index (χ2n) is 7.91. The maximum absolute atomic E-state index is 12.7. The van der Waals surface area contributed by atoms with Gasteiger partial charge in [-0.15, -0.1) is 0 Å². The minimum atomic E-state index is -4.13. The molecule has 2 aliphatic heterocycles. The number of hydrazine groups is 1. The first kappa shape index (κ1) is 24.7. The molecule has 2 saturated heterocycles. The highest BCUT2D eigenvalue weighted by molar-refractivity contribution is 7.48. The molecule has 0 aliphatic carbocycles. The number of nitrogens with zero attached hydrogens (tertiary/aromatic N) is 1. The molecule has 0 spiro atoms. The van der Waals surface area contributed by atoms with Crippen LogP contribution in [-0.2, 0) is 42.0 Å².